The summed E-state index contributed by atoms with van der Waals surface area (Å²) in [4.78, 5) is 31.0. The third kappa shape index (κ3) is 3.83. The second-order valence-corrected chi connectivity index (χ2v) is 7.06. The molecular formula is C21H22N4O3. The lowest BCUT2D eigenvalue weighted by atomic mass is 10.1. The van der Waals surface area contributed by atoms with Crippen LogP contribution < -0.4 is 20.7 Å². The smallest absolute Gasteiger partial charge is 0.294 e. The van der Waals surface area contributed by atoms with Crippen LogP contribution in [0.5, 0.6) is 5.75 Å². The first-order chi connectivity index (χ1) is 13.6. The summed E-state index contributed by atoms with van der Waals surface area (Å²) >= 11 is 0. The molecule has 1 fully saturated rings. The van der Waals surface area contributed by atoms with Crippen molar-refractivity contribution in [3.05, 3.63) is 54.0 Å². The zero-order valence-corrected chi connectivity index (χ0v) is 15.4. The Bertz CT molecular complexity index is 921. The number of nitrogens with zero attached hydrogens (tertiary/aromatic N) is 2. The number of carbonyl (C=O) groups excluding carboxylic acids is 2. The molecule has 2 aromatic rings. The lowest BCUT2D eigenvalue weighted by Crippen LogP contribution is -2.46. The molecule has 28 heavy (non-hydrogen) atoms. The first kappa shape index (κ1) is 18.0. The van der Waals surface area contributed by atoms with Gasteiger partial charge < -0.3 is 15.8 Å². The first-order valence-electron chi connectivity index (χ1n) is 9.40. The molecule has 0 bridgehead atoms. The summed E-state index contributed by atoms with van der Waals surface area (Å²) in [6, 6.07) is 8.81. The molecule has 0 spiro atoms. The van der Waals surface area contributed by atoms with Crippen molar-refractivity contribution < 1.29 is 14.3 Å². The number of anilines is 2. The van der Waals surface area contributed by atoms with E-state index in [1.807, 2.05) is 0 Å². The van der Waals surface area contributed by atoms with Gasteiger partial charge in [0.2, 0.25) is 5.91 Å². The molecule has 4 rings (SSSR count). The lowest BCUT2D eigenvalue weighted by Gasteiger charge is -2.30. The van der Waals surface area contributed by atoms with Crippen molar-refractivity contribution in [3.63, 3.8) is 0 Å². The highest BCUT2D eigenvalue weighted by molar-refractivity contribution is 6.12. The number of nitrogens with one attached hydrogen (secondary N) is 1. The van der Waals surface area contributed by atoms with E-state index in [-0.39, 0.29) is 30.2 Å². The van der Waals surface area contributed by atoms with Gasteiger partial charge in [-0.3, -0.25) is 19.5 Å². The van der Waals surface area contributed by atoms with Gasteiger partial charge in [-0.2, -0.15) is 0 Å². The lowest BCUT2D eigenvalue weighted by molar-refractivity contribution is -0.123. The Morgan fingerprint density at radius 1 is 1.25 bits per heavy atom. The zero-order valence-electron chi connectivity index (χ0n) is 15.4. The van der Waals surface area contributed by atoms with Crippen LogP contribution in [0.4, 0.5) is 11.4 Å². The molecule has 0 saturated heterocycles. The van der Waals surface area contributed by atoms with Crippen LogP contribution in [0.15, 0.2) is 48.5 Å². The van der Waals surface area contributed by atoms with Crippen molar-refractivity contribution in [2.45, 2.75) is 31.7 Å². The third-order valence-corrected chi connectivity index (χ3v) is 4.98. The van der Waals surface area contributed by atoms with Crippen molar-refractivity contribution in [1.29, 1.82) is 0 Å². The maximum absolute atomic E-state index is 13.1. The molecule has 2 aliphatic rings. The molecule has 1 aromatic carbocycles. The molecule has 1 aliphatic carbocycles. The predicted octanol–water partition coefficient (Wildman–Crippen LogP) is 2.49. The molecule has 0 unspecified atom stereocenters. The summed E-state index contributed by atoms with van der Waals surface area (Å²) in [5, 5.41) is 3.02. The molecular weight excluding hydrogens is 356 g/mol. The van der Waals surface area contributed by atoms with E-state index >= 15 is 0 Å². The molecule has 2 heterocycles. The number of hydrogen-bond acceptors (Lipinski definition) is 5. The number of hydrogen-bond donors (Lipinski definition) is 2. The van der Waals surface area contributed by atoms with Crippen LogP contribution in [0.3, 0.4) is 0 Å². The number of carbonyl (C=O) groups is 2. The maximum Gasteiger partial charge on any atom is 0.294 e. The van der Waals surface area contributed by atoms with Crippen LogP contribution in [0.1, 0.15) is 31.2 Å². The number of fused-ring (bicyclic) bond motifs is 1. The summed E-state index contributed by atoms with van der Waals surface area (Å²) in [5.41, 5.74) is 7.68. The van der Waals surface area contributed by atoms with E-state index in [1.54, 1.807) is 48.8 Å². The summed E-state index contributed by atoms with van der Waals surface area (Å²) in [7, 11) is 0. The standard InChI is InChI=1S/C21H22N4O3/c22-15-5-6-18-17(12-15)25(13-20(26)24-16-3-1-2-4-16)21(27)19(28-18)11-14-7-9-23-10-8-14/h5-12,16H,1-4,13,22H2,(H,24,26)/b19-11+. The Kier molecular flexibility index (Phi) is 4.97. The summed E-state index contributed by atoms with van der Waals surface area (Å²) in [6.07, 6.45) is 9.14. The fourth-order valence-electron chi connectivity index (χ4n) is 3.58. The molecule has 1 saturated carbocycles. The van der Waals surface area contributed by atoms with E-state index in [1.165, 1.54) is 4.90 Å². The average Bonchev–Trinajstić information content (AvgIpc) is 3.19. The minimum absolute atomic E-state index is 0.0805. The molecule has 7 heteroatoms. The SMILES string of the molecule is Nc1ccc2c(c1)N(CC(=O)NC1CCCC1)C(=O)/C(=C\c1ccncc1)O2. The van der Waals surface area contributed by atoms with Gasteiger partial charge in [0.05, 0.1) is 5.69 Å². The minimum Gasteiger partial charge on any atom is -0.449 e. The van der Waals surface area contributed by atoms with Crippen molar-refractivity contribution >= 4 is 29.3 Å². The van der Waals surface area contributed by atoms with Gasteiger partial charge in [0.15, 0.2) is 11.5 Å². The molecule has 7 nitrogen and oxygen atoms in total. The van der Waals surface area contributed by atoms with Gasteiger partial charge >= 0.3 is 0 Å². The molecule has 144 valence electrons. The van der Waals surface area contributed by atoms with Crippen molar-refractivity contribution in [2.24, 2.45) is 0 Å². The van der Waals surface area contributed by atoms with Gasteiger partial charge in [-0.1, -0.05) is 12.8 Å². The fourth-order valence-corrected chi connectivity index (χ4v) is 3.58. The van der Waals surface area contributed by atoms with Gasteiger partial charge in [-0.05, 0) is 54.8 Å². The summed E-state index contributed by atoms with van der Waals surface area (Å²) in [5.74, 6) is 0.0789. The van der Waals surface area contributed by atoms with Crippen molar-refractivity contribution in [3.8, 4) is 5.75 Å². The van der Waals surface area contributed by atoms with Gasteiger partial charge in [-0.25, -0.2) is 0 Å². The quantitative estimate of drug-likeness (QED) is 0.629. The number of nitrogens with two attached hydrogens (primary N) is 1. The van der Waals surface area contributed by atoms with E-state index in [4.69, 9.17) is 10.5 Å². The topological polar surface area (TPSA) is 97.6 Å². The van der Waals surface area contributed by atoms with Crippen LogP contribution in [-0.2, 0) is 9.59 Å². The number of ether oxygens (including phenoxy) is 1. The Morgan fingerprint density at radius 2 is 2.00 bits per heavy atom. The highest BCUT2D eigenvalue weighted by atomic mass is 16.5. The molecule has 2 amide bonds. The molecule has 1 aromatic heterocycles. The zero-order chi connectivity index (χ0) is 19.5. The van der Waals surface area contributed by atoms with Crippen molar-refractivity contribution in [1.82, 2.24) is 10.3 Å². The number of pyridine rings is 1. The number of benzene rings is 1. The van der Waals surface area contributed by atoms with E-state index in [0.717, 1.165) is 31.2 Å². The molecule has 0 radical (unpaired) electrons. The Morgan fingerprint density at radius 3 is 2.75 bits per heavy atom. The monoisotopic (exact) mass is 378 g/mol. The van der Waals surface area contributed by atoms with Gasteiger partial charge in [0.25, 0.3) is 5.91 Å². The van der Waals surface area contributed by atoms with Crippen LogP contribution in [0, 0.1) is 0 Å². The van der Waals surface area contributed by atoms with Gasteiger partial charge in [0, 0.05) is 24.1 Å². The minimum atomic E-state index is -0.378. The second-order valence-electron chi connectivity index (χ2n) is 7.06. The Labute approximate surface area is 163 Å². The van der Waals surface area contributed by atoms with Crippen LogP contribution >= 0.6 is 0 Å². The van der Waals surface area contributed by atoms with E-state index < -0.39 is 0 Å². The van der Waals surface area contributed by atoms with Gasteiger partial charge in [0.1, 0.15) is 6.54 Å². The highest BCUT2D eigenvalue weighted by Crippen LogP contribution is 2.37. The number of amides is 2. The molecule has 3 N–H and O–H groups in total. The van der Waals surface area contributed by atoms with E-state index in [9.17, 15) is 9.59 Å². The number of rotatable bonds is 4. The predicted molar refractivity (Wildman–Crippen MR) is 106 cm³/mol. The largest absolute Gasteiger partial charge is 0.449 e. The second kappa shape index (κ2) is 7.72. The summed E-state index contributed by atoms with van der Waals surface area (Å²) < 4.78 is 5.81. The third-order valence-electron chi connectivity index (χ3n) is 4.98. The molecule has 0 atom stereocenters. The number of nitrogen functional groups attached to an aromatic ring is 1. The highest BCUT2D eigenvalue weighted by Gasteiger charge is 2.32. The number of aromatic nitrogens is 1. The Balaban J connectivity index is 1.62. The van der Waals surface area contributed by atoms with Gasteiger partial charge in [-0.15, -0.1) is 0 Å². The van der Waals surface area contributed by atoms with E-state index in [2.05, 4.69) is 10.3 Å². The normalized spacial score (nSPS) is 18.1. The average molecular weight is 378 g/mol. The first-order valence-corrected chi connectivity index (χ1v) is 9.40. The Hall–Kier alpha value is -3.35. The maximum atomic E-state index is 13.1. The molecule has 1 aliphatic heterocycles. The fraction of sp³-hybridized carbons (Fsp3) is 0.286. The van der Waals surface area contributed by atoms with Crippen LogP contribution in [-0.4, -0.2) is 29.4 Å². The van der Waals surface area contributed by atoms with E-state index in [0.29, 0.717) is 17.1 Å². The van der Waals surface area contributed by atoms with Crippen molar-refractivity contribution in [2.75, 3.05) is 17.2 Å². The van der Waals surface area contributed by atoms with Crippen LogP contribution in [0.2, 0.25) is 0 Å². The summed E-state index contributed by atoms with van der Waals surface area (Å²) in [6.45, 7) is -0.0805. The van der Waals surface area contributed by atoms with Crippen LogP contribution in [0.25, 0.3) is 6.08 Å².